The highest BCUT2D eigenvalue weighted by atomic mass is 16.6. The zero-order valence-corrected chi connectivity index (χ0v) is 8.26. The lowest BCUT2D eigenvalue weighted by atomic mass is 10.0. The average molecular weight is 178 g/mol. The van der Waals surface area contributed by atoms with Gasteiger partial charge in [-0.3, -0.25) is 0 Å². The Morgan fingerprint density at radius 2 is 2.00 bits per heavy atom. The quantitative estimate of drug-likeness (QED) is 0.648. The Morgan fingerprint density at radius 1 is 1.31 bits per heavy atom. The first kappa shape index (κ1) is 8.57. The van der Waals surface area contributed by atoms with Gasteiger partial charge in [-0.1, -0.05) is 6.07 Å². The van der Waals surface area contributed by atoms with Crippen molar-refractivity contribution in [1.82, 2.24) is 0 Å². The van der Waals surface area contributed by atoms with Crippen molar-refractivity contribution >= 4 is 0 Å². The molecule has 1 heterocycles. The van der Waals surface area contributed by atoms with Crippen molar-refractivity contribution in [1.29, 1.82) is 0 Å². The van der Waals surface area contributed by atoms with Gasteiger partial charge in [0.25, 0.3) is 0 Å². The van der Waals surface area contributed by atoms with E-state index in [2.05, 4.69) is 19.9 Å². The van der Waals surface area contributed by atoms with Crippen LogP contribution in [0.5, 0.6) is 5.75 Å². The standard InChI is InChI=1S/C11H14O2/c1-7-8(2)10(12-3)5-4-9(7)11-6-13-11/h4-5,11H,6H2,1-3H3. The van der Waals surface area contributed by atoms with Gasteiger partial charge in [0.15, 0.2) is 0 Å². The fourth-order valence-electron chi connectivity index (χ4n) is 1.61. The van der Waals surface area contributed by atoms with Crippen LogP contribution in [-0.4, -0.2) is 13.7 Å². The van der Waals surface area contributed by atoms with E-state index in [0.717, 1.165) is 12.4 Å². The van der Waals surface area contributed by atoms with Gasteiger partial charge in [-0.15, -0.1) is 0 Å². The molecule has 0 bridgehead atoms. The summed E-state index contributed by atoms with van der Waals surface area (Å²) < 4.78 is 10.5. The molecule has 1 fully saturated rings. The molecule has 0 N–H and O–H groups in total. The fraction of sp³-hybridized carbons (Fsp3) is 0.455. The molecular weight excluding hydrogens is 164 g/mol. The Labute approximate surface area is 78.5 Å². The second-order valence-electron chi connectivity index (χ2n) is 3.43. The van der Waals surface area contributed by atoms with E-state index in [1.165, 1.54) is 16.7 Å². The van der Waals surface area contributed by atoms with Gasteiger partial charge in [-0.05, 0) is 36.6 Å². The van der Waals surface area contributed by atoms with Crippen molar-refractivity contribution in [2.24, 2.45) is 0 Å². The minimum absolute atomic E-state index is 0.338. The van der Waals surface area contributed by atoms with Crippen molar-refractivity contribution in [3.63, 3.8) is 0 Å². The first-order valence-corrected chi connectivity index (χ1v) is 4.49. The summed E-state index contributed by atoms with van der Waals surface area (Å²) in [7, 11) is 1.70. The van der Waals surface area contributed by atoms with Gasteiger partial charge < -0.3 is 9.47 Å². The lowest BCUT2D eigenvalue weighted by Gasteiger charge is -2.10. The van der Waals surface area contributed by atoms with Gasteiger partial charge in [-0.2, -0.15) is 0 Å². The largest absolute Gasteiger partial charge is 0.496 e. The number of rotatable bonds is 2. The summed E-state index contributed by atoms with van der Waals surface area (Å²) in [5, 5.41) is 0. The third kappa shape index (κ3) is 1.42. The molecule has 2 nitrogen and oxygen atoms in total. The van der Waals surface area contributed by atoms with Crippen LogP contribution in [0.25, 0.3) is 0 Å². The summed E-state index contributed by atoms with van der Waals surface area (Å²) in [4.78, 5) is 0. The van der Waals surface area contributed by atoms with Crippen molar-refractivity contribution in [2.75, 3.05) is 13.7 Å². The predicted molar refractivity (Wildman–Crippen MR) is 51.2 cm³/mol. The Balaban J connectivity index is 2.44. The van der Waals surface area contributed by atoms with Crippen LogP contribution in [0.15, 0.2) is 12.1 Å². The molecule has 0 radical (unpaired) electrons. The van der Waals surface area contributed by atoms with Crippen LogP contribution in [0.2, 0.25) is 0 Å². The van der Waals surface area contributed by atoms with E-state index >= 15 is 0 Å². The number of hydrogen-bond acceptors (Lipinski definition) is 2. The van der Waals surface area contributed by atoms with Crippen LogP contribution in [0, 0.1) is 13.8 Å². The lowest BCUT2D eigenvalue weighted by molar-refractivity contribution is 0.406. The number of hydrogen-bond donors (Lipinski definition) is 0. The molecule has 0 aliphatic carbocycles. The van der Waals surface area contributed by atoms with Gasteiger partial charge in [0.2, 0.25) is 0 Å². The zero-order valence-electron chi connectivity index (χ0n) is 8.26. The van der Waals surface area contributed by atoms with Gasteiger partial charge in [0.05, 0.1) is 13.7 Å². The highest BCUT2D eigenvalue weighted by molar-refractivity contribution is 5.45. The maximum atomic E-state index is 5.26. The molecule has 1 atom stereocenters. The molecular formula is C11H14O2. The van der Waals surface area contributed by atoms with Gasteiger partial charge in [-0.25, -0.2) is 0 Å². The van der Waals surface area contributed by atoms with E-state index in [1.54, 1.807) is 7.11 Å². The molecule has 2 heteroatoms. The van der Waals surface area contributed by atoms with Gasteiger partial charge in [0, 0.05) is 0 Å². The van der Waals surface area contributed by atoms with E-state index in [4.69, 9.17) is 9.47 Å². The van der Waals surface area contributed by atoms with E-state index in [-0.39, 0.29) is 0 Å². The molecule has 1 aromatic carbocycles. The first-order valence-electron chi connectivity index (χ1n) is 4.49. The van der Waals surface area contributed by atoms with Crippen LogP contribution < -0.4 is 4.74 Å². The second-order valence-corrected chi connectivity index (χ2v) is 3.43. The normalized spacial score (nSPS) is 20.1. The first-order chi connectivity index (χ1) is 6.24. The van der Waals surface area contributed by atoms with Crippen LogP contribution in [0.1, 0.15) is 22.8 Å². The van der Waals surface area contributed by atoms with Crippen LogP contribution in [-0.2, 0) is 4.74 Å². The van der Waals surface area contributed by atoms with Crippen LogP contribution >= 0.6 is 0 Å². The van der Waals surface area contributed by atoms with Crippen molar-refractivity contribution < 1.29 is 9.47 Å². The van der Waals surface area contributed by atoms with Crippen LogP contribution in [0.4, 0.5) is 0 Å². The Bertz CT molecular complexity index is 327. The minimum Gasteiger partial charge on any atom is -0.496 e. The minimum atomic E-state index is 0.338. The summed E-state index contributed by atoms with van der Waals surface area (Å²) >= 11 is 0. The molecule has 0 amide bonds. The lowest BCUT2D eigenvalue weighted by Crippen LogP contribution is -1.94. The molecule has 0 aromatic heterocycles. The summed E-state index contributed by atoms with van der Waals surface area (Å²) in [5.41, 5.74) is 3.82. The SMILES string of the molecule is COc1ccc(C2CO2)c(C)c1C. The maximum Gasteiger partial charge on any atom is 0.122 e. The van der Waals surface area contributed by atoms with E-state index in [9.17, 15) is 0 Å². The van der Waals surface area contributed by atoms with Crippen molar-refractivity contribution in [2.45, 2.75) is 20.0 Å². The number of ether oxygens (including phenoxy) is 2. The number of epoxide rings is 1. The molecule has 1 saturated heterocycles. The Hall–Kier alpha value is -1.02. The Kier molecular flexibility index (Phi) is 2.00. The molecule has 0 spiro atoms. The highest BCUT2D eigenvalue weighted by Gasteiger charge is 2.27. The summed E-state index contributed by atoms with van der Waals surface area (Å²) in [5.74, 6) is 0.960. The van der Waals surface area contributed by atoms with E-state index in [0.29, 0.717) is 6.10 Å². The van der Waals surface area contributed by atoms with Crippen molar-refractivity contribution in [3.8, 4) is 5.75 Å². The van der Waals surface area contributed by atoms with Crippen molar-refractivity contribution in [3.05, 3.63) is 28.8 Å². The number of benzene rings is 1. The summed E-state index contributed by atoms with van der Waals surface area (Å²) in [6, 6.07) is 4.11. The molecule has 70 valence electrons. The Morgan fingerprint density at radius 3 is 2.54 bits per heavy atom. The number of methoxy groups -OCH3 is 1. The second kappa shape index (κ2) is 3.04. The third-order valence-corrected chi connectivity index (χ3v) is 2.68. The summed E-state index contributed by atoms with van der Waals surface area (Å²) in [6.45, 7) is 5.07. The van der Waals surface area contributed by atoms with Crippen LogP contribution in [0.3, 0.4) is 0 Å². The maximum absolute atomic E-state index is 5.26. The molecule has 13 heavy (non-hydrogen) atoms. The molecule has 2 rings (SSSR count). The van der Waals surface area contributed by atoms with Gasteiger partial charge in [0.1, 0.15) is 11.9 Å². The fourth-order valence-corrected chi connectivity index (χ4v) is 1.61. The molecule has 0 saturated carbocycles. The molecule has 1 aliphatic rings. The third-order valence-electron chi connectivity index (χ3n) is 2.68. The molecule has 1 unspecified atom stereocenters. The topological polar surface area (TPSA) is 21.8 Å². The monoisotopic (exact) mass is 178 g/mol. The smallest absolute Gasteiger partial charge is 0.122 e. The average Bonchev–Trinajstić information content (AvgIpc) is 2.93. The van der Waals surface area contributed by atoms with E-state index in [1.807, 2.05) is 6.07 Å². The zero-order chi connectivity index (χ0) is 9.42. The van der Waals surface area contributed by atoms with E-state index < -0.39 is 0 Å². The molecule has 1 aliphatic heterocycles. The highest BCUT2D eigenvalue weighted by Crippen LogP contribution is 2.35. The summed E-state index contributed by atoms with van der Waals surface area (Å²) in [6.07, 6.45) is 0.338. The molecule has 1 aromatic rings. The van der Waals surface area contributed by atoms with Gasteiger partial charge >= 0.3 is 0 Å². The predicted octanol–water partition coefficient (Wildman–Crippen LogP) is 2.38.